The monoisotopic (exact) mass is 481 g/mol. The van der Waals surface area contributed by atoms with Gasteiger partial charge in [0.15, 0.2) is 0 Å². The van der Waals surface area contributed by atoms with Gasteiger partial charge in [0.05, 0.1) is 16.6 Å². The summed E-state index contributed by atoms with van der Waals surface area (Å²) in [5.74, 6) is -0.531. The van der Waals surface area contributed by atoms with Crippen LogP contribution in [0.1, 0.15) is 44.2 Å². The van der Waals surface area contributed by atoms with Gasteiger partial charge in [0, 0.05) is 23.7 Å². The SMILES string of the molecule is CC(NC(=O)C1CCC(NS(=O)(=O)c2ccc(-c3ccccn3)cc2)CC1)c1ccc(F)cc1. The topological polar surface area (TPSA) is 88.2 Å². The van der Waals surface area contributed by atoms with Crippen LogP contribution in [0, 0.1) is 11.7 Å². The molecule has 34 heavy (non-hydrogen) atoms. The van der Waals surface area contributed by atoms with Gasteiger partial charge < -0.3 is 5.32 Å². The number of amides is 1. The molecule has 1 amide bonds. The molecule has 1 unspecified atom stereocenters. The van der Waals surface area contributed by atoms with E-state index in [-0.39, 0.29) is 34.6 Å². The largest absolute Gasteiger partial charge is 0.349 e. The van der Waals surface area contributed by atoms with Crippen LogP contribution in [-0.4, -0.2) is 25.4 Å². The summed E-state index contributed by atoms with van der Waals surface area (Å²) in [7, 11) is -3.66. The molecule has 0 spiro atoms. The van der Waals surface area contributed by atoms with Gasteiger partial charge in [-0.3, -0.25) is 9.78 Å². The minimum atomic E-state index is -3.66. The quantitative estimate of drug-likeness (QED) is 0.516. The average Bonchev–Trinajstić information content (AvgIpc) is 2.85. The maximum atomic E-state index is 13.1. The maximum Gasteiger partial charge on any atom is 0.240 e. The highest BCUT2D eigenvalue weighted by molar-refractivity contribution is 7.89. The van der Waals surface area contributed by atoms with Gasteiger partial charge >= 0.3 is 0 Å². The molecule has 1 saturated carbocycles. The normalized spacial score (nSPS) is 19.4. The summed E-state index contributed by atoms with van der Waals surface area (Å²) in [6.45, 7) is 1.87. The van der Waals surface area contributed by atoms with Gasteiger partial charge in [-0.1, -0.05) is 30.3 Å². The molecule has 2 aromatic carbocycles. The number of pyridine rings is 1. The zero-order valence-corrected chi connectivity index (χ0v) is 19.8. The third-order valence-electron chi connectivity index (χ3n) is 6.27. The van der Waals surface area contributed by atoms with Crippen LogP contribution in [0.3, 0.4) is 0 Å². The molecular weight excluding hydrogens is 453 g/mol. The van der Waals surface area contributed by atoms with Crippen molar-refractivity contribution in [3.63, 3.8) is 0 Å². The van der Waals surface area contributed by atoms with E-state index in [0.717, 1.165) is 16.8 Å². The third kappa shape index (κ3) is 5.87. The van der Waals surface area contributed by atoms with E-state index in [4.69, 9.17) is 0 Å². The molecule has 1 atom stereocenters. The first kappa shape index (κ1) is 24.0. The predicted octanol–water partition coefficient (Wildman–Crippen LogP) is 4.60. The second-order valence-electron chi connectivity index (χ2n) is 8.69. The fraction of sp³-hybridized carbons (Fsp3) is 0.308. The van der Waals surface area contributed by atoms with Gasteiger partial charge in [-0.15, -0.1) is 0 Å². The molecule has 0 saturated heterocycles. The second kappa shape index (κ2) is 10.4. The number of benzene rings is 2. The van der Waals surface area contributed by atoms with Gasteiger partial charge in [0.25, 0.3) is 0 Å². The Morgan fingerprint density at radius 2 is 1.65 bits per heavy atom. The summed E-state index contributed by atoms with van der Waals surface area (Å²) in [6, 6.07) is 17.9. The number of nitrogens with zero attached hydrogens (tertiary/aromatic N) is 1. The van der Waals surface area contributed by atoms with Crippen LogP contribution in [0.15, 0.2) is 77.8 Å². The van der Waals surface area contributed by atoms with Crippen molar-refractivity contribution in [1.29, 1.82) is 0 Å². The van der Waals surface area contributed by atoms with Crippen LogP contribution in [0.2, 0.25) is 0 Å². The highest BCUT2D eigenvalue weighted by Crippen LogP contribution is 2.27. The van der Waals surface area contributed by atoms with Gasteiger partial charge in [0.1, 0.15) is 5.82 Å². The number of hydrogen-bond donors (Lipinski definition) is 2. The second-order valence-corrected chi connectivity index (χ2v) is 10.4. The summed E-state index contributed by atoms with van der Waals surface area (Å²) in [5.41, 5.74) is 2.47. The zero-order valence-electron chi connectivity index (χ0n) is 18.9. The molecule has 4 rings (SSSR count). The van der Waals surface area contributed by atoms with Crippen LogP contribution in [0.5, 0.6) is 0 Å². The van der Waals surface area contributed by atoms with Crippen molar-refractivity contribution in [2.75, 3.05) is 0 Å². The number of rotatable bonds is 7. The van der Waals surface area contributed by atoms with Crippen LogP contribution in [0.4, 0.5) is 4.39 Å². The average molecular weight is 482 g/mol. The van der Waals surface area contributed by atoms with Crippen LogP contribution in [0.25, 0.3) is 11.3 Å². The number of aromatic nitrogens is 1. The standard InChI is InChI=1S/C26H28FN3O3S/c1-18(19-5-11-22(27)12-6-19)29-26(31)21-7-13-23(14-8-21)30-34(32,33)24-15-9-20(10-16-24)25-4-2-3-17-28-25/h2-6,9-12,15-18,21,23,30H,7-8,13-14H2,1H3,(H,29,31). The fourth-order valence-electron chi connectivity index (χ4n) is 4.27. The lowest BCUT2D eigenvalue weighted by molar-refractivity contribution is -0.126. The molecule has 1 fully saturated rings. The van der Waals surface area contributed by atoms with Crippen molar-refractivity contribution in [3.05, 3.63) is 84.3 Å². The number of carbonyl (C=O) groups excluding carboxylic acids is 1. The molecule has 178 valence electrons. The molecule has 2 N–H and O–H groups in total. The van der Waals surface area contributed by atoms with Crippen molar-refractivity contribution in [2.24, 2.45) is 5.92 Å². The Morgan fingerprint density at radius 3 is 2.26 bits per heavy atom. The first-order valence-corrected chi connectivity index (χ1v) is 12.9. The van der Waals surface area contributed by atoms with E-state index >= 15 is 0 Å². The van der Waals surface area contributed by atoms with E-state index in [2.05, 4.69) is 15.0 Å². The Bertz CT molecular complexity index is 1210. The summed E-state index contributed by atoms with van der Waals surface area (Å²) >= 11 is 0. The van der Waals surface area contributed by atoms with Gasteiger partial charge in [-0.2, -0.15) is 0 Å². The number of nitrogens with one attached hydrogen (secondary N) is 2. The maximum absolute atomic E-state index is 13.1. The molecule has 3 aromatic rings. The highest BCUT2D eigenvalue weighted by atomic mass is 32.2. The van der Waals surface area contributed by atoms with Crippen LogP contribution < -0.4 is 10.0 Å². The molecule has 6 nitrogen and oxygen atoms in total. The molecule has 1 aliphatic carbocycles. The molecule has 8 heteroatoms. The molecule has 1 aromatic heterocycles. The summed E-state index contributed by atoms with van der Waals surface area (Å²) in [6.07, 6.45) is 4.09. The predicted molar refractivity (Wildman–Crippen MR) is 129 cm³/mol. The molecule has 0 radical (unpaired) electrons. The minimum absolute atomic E-state index is 0.0526. The molecule has 0 bridgehead atoms. The number of carbonyl (C=O) groups is 1. The van der Waals surface area contributed by atoms with Crippen molar-refractivity contribution in [2.45, 2.75) is 49.6 Å². The first-order valence-electron chi connectivity index (χ1n) is 11.4. The van der Waals surface area contributed by atoms with Crippen LogP contribution in [-0.2, 0) is 14.8 Å². The van der Waals surface area contributed by atoms with E-state index in [9.17, 15) is 17.6 Å². The van der Waals surface area contributed by atoms with Crippen molar-refractivity contribution >= 4 is 15.9 Å². The van der Waals surface area contributed by atoms with Crippen molar-refractivity contribution < 1.29 is 17.6 Å². The smallest absolute Gasteiger partial charge is 0.240 e. The van der Waals surface area contributed by atoms with E-state index in [1.54, 1.807) is 42.6 Å². The van der Waals surface area contributed by atoms with Gasteiger partial charge in [-0.25, -0.2) is 17.5 Å². The summed E-state index contributed by atoms with van der Waals surface area (Å²) in [4.78, 5) is 17.2. The lowest BCUT2D eigenvalue weighted by atomic mass is 9.85. The Labute approximate surface area is 199 Å². The number of sulfonamides is 1. The van der Waals surface area contributed by atoms with Crippen molar-refractivity contribution in [1.82, 2.24) is 15.0 Å². The zero-order chi connectivity index (χ0) is 24.1. The summed E-state index contributed by atoms with van der Waals surface area (Å²) in [5, 5.41) is 2.99. The fourth-order valence-corrected chi connectivity index (χ4v) is 5.57. The molecule has 0 aliphatic heterocycles. The first-order chi connectivity index (χ1) is 16.3. The van der Waals surface area contributed by atoms with Gasteiger partial charge in [0.2, 0.25) is 15.9 Å². The van der Waals surface area contributed by atoms with E-state index in [0.29, 0.717) is 25.7 Å². The molecule has 1 heterocycles. The lowest BCUT2D eigenvalue weighted by Crippen LogP contribution is -2.41. The Morgan fingerprint density at radius 1 is 0.971 bits per heavy atom. The highest BCUT2D eigenvalue weighted by Gasteiger charge is 2.29. The number of hydrogen-bond acceptors (Lipinski definition) is 4. The third-order valence-corrected chi connectivity index (χ3v) is 7.81. The molecule has 1 aliphatic rings. The van der Waals surface area contributed by atoms with Gasteiger partial charge in [-0.05, 0) is 74.6 Å². The molecular formula is C26H28FN3O3S. The van der Waals surface area contributed by atoms with Crippen molar-refractivity contribution in [3.8, 4) is 11.3 Å². The lowest BCUT2D eigenvalue weighted by Gasteiger charge is -2.29. The van der Waals surface area contributed by atoms with Crippen LogP contribution >= 0.6 is 0 Å². The Hall–Kier alpha value is -3.10. The Kier molecular flexibility index (Phi) is 7.38. The van der Waals surface area contributed by atoms with E-state index in [1.165, 1.54) is 12.1 Å². The van der Waals surface area contributed by atoms with E-state index in [1.807, 2.05) is 25.1 Å². The Balaban J connectivity index is 1.30. The summed E-state index contributed by atoms with van der Waals surface area (Å²) < 4.78 is 41.6. The minimum Gasteiger partial charge on any atom is -0.349 e. The van der Waals surface area contributed by atoms with E-state index < -0.39 is 10.0 Å². The number of halogens is 1.